The van der Waals surface area contributed by atoms with Crippen LogP contribution in [0.4, 0.5) is 0 Å². The summed E-state index contributed by atoms with van der Waals surface area (Å²) in [5, 5.41) is 23.0. The van der Waals surface area contributed by atoms with Crippen molar-refractivity contribution >= 4 is 11.9 Å². The molecule has 0 radical (unpaired) electrons. The van der Waals surface area contributed by atoms with Crippen LogP contribution in [0.15, 0.2) is 97.1 Å². The van der Waals surface area contributed by atoms with Crippen LogP contribution >= 0.6 is 0 Å². The molecule has 4 aromatic carbocycles. The van der Waals surface area contributed by atoms with E-state index >= 15 is 0 Å². The molecule has 6 aliphatic carbocycles. The molecule has 0 saturated carbocycles. The number of rotatable bonds is 2. The van der Waals surface area contributed by atoms with Crippen LogP contribution < -0.4 is 0 Å². The zero-order valence-electron chi connectivity index (χ0n) is 21.8. The predicted molar refractivity (Wildman–Crippen MR) is 144 cm³/mol. The SMILES string of the molecule is CC(=O)OC12c3ccccc3C(C#N)(c3ccccc31)C1(OC(C)=O)c3ccccc3C2(C#N)c2ccccc21. The number of esters is 2. The summed E-state index contributed by atoms with van der Waals surface area (Å²) in [6.45, 7) is 2.67. The van der Waals surface area contributed by atoms with Gasteiger partial charge < -0.3 is 9.47 Å². The third kappa shape index (κ3) is 2.27. The lowest BCUT2D eigenvalue weighted by molar-refractivity contribution is -0.165. The van der Waals surface area contributed by atoms with Crippen molar-refractivity contribution in [3.63, 3.8) is 0 Å². The number of ether oxygens (including phenoxy) is 2. The maximum atomic E-state index is 13.2. The van der Waals surface area contributed by atoms with Crippen molar-refractivity contribution in [3.05, 3.63) is 142 Å². The quantitative estimate of drug-likeness (QED) is 0.333. The summed E-state index contributed by atoms with van der Waals surface area (Å²) in [6.07, 6.45) is 0. The first-order valence-corrected chi connectivity index (χ1v) is 13.0. The van der Waals surface area contributed by atoms with Gasteiger partial charge in [0.1, 0.15) is 0 Å². The van der Waals surface area contributed by atoms with Crippen molar-refractivity contribution in [2.24, 2.45) is 0 Å². The minimum atomic E-state index is -1.67. The van der Waals surface area contributed by atoms with Gasteiger partial charge in [-0.3, -0.25) is 9.59 Å². The summed E-state index contributed by atoms with van der Waals surface area (Å²) in [5.41, 5.74) is -2.46. The van der Waals surface area contributed by atoms with E-state index in [4.69, 9.17) is 9.47 Å². The van der Waals surface area contributed by atoms with Gasteiger partial charge in [0.15, 0.2) is 22.0 Å². The van der Waals surface area contributed by atoms with Gasteiger partial charge in [0.2, 0.25) is 0 Å². The van der Waals surface area contributed by atoms with Crippen molar-refractivity contribution < 1.29 is 19.1 Å². The summed E-state index contributed by atoms with van der Waals surface area (Å²) in [7, 11) is 0. The molecule has 0 saturated heterocycles. The topological polar surface area (TPSA) is 100 Å². The summed E-state index contributed by atoms with van der Waals surface area (Å²) in [6, 6.07) is 34.3. The minimum absolute atomic E-state index is 0.507. The number of carbonyl (C=O) groups is 2. The zero-order chi connectivity index (χ0) is 27.9. The van der Waals surface area contributed by atoms with Gasteiger partial charge in [-0.2, -0.15) is 10.5 Å². The maximum Gasteiger partial charge on any atom is 0.303 e. The van der Waals surface area contributed by atoms with Crippen LogP contribution in [0.3, 0.4) is 0 Å². The molecule has 0 aromatic heterocycles. The van der Waals surface area contributed by atoms with Crippen LogP contribution in [0.2, 0.25) is 0 Å². The fraction of sp³-hybridized carbons (Fsp3) is 0.176. The molecule has 0 heterocycles. The van der Waals surface area contributed by atoms with Crippen molar-refractivity contribution in [2.45, 2.75) is 35.9 Å². The summed E-state index contributed by atoms with van der Waals surface area (Å²) >= 11 is 0. The first-order valence-electron chi connectivity index (χ1n) is 13.0. The van der Waals surface area contributed by atoms with Crippen LogP contribution in [-0.4, -0.2) is 11.9 Å². The first kappa shape index (κ1) is 23.9. The molecular weight excluding hydrogens is 500 g/mol. The van der Waals surface area contributed by atoms with Crippen LogP contribution in [0, 0.1) is 22.7 Å². The Labute approximate surface area is 231 Å². The highest BCUT2D eigenvalue weighted by Crippen LogP contribution is 2.72. The molecule has 0 spiro atoms. The number of nitrogens with zero attached hydrogens (tertiary/aromatic N) is 2. The molecule has 6 aliphatic rings. The molecule has 0 atom stereocenters. The smallest absolute Gasteiger partial charge is 0.303 e. The van der Waals surface area contributed by atoms with E-state index in [1.807, 2.05) is 97.1 Å². The van der Waals surface area contributed by atoms with Crippen LogP contribution in [0.25, 0.3) is 0 Å². The Kier molecular flexibility index (Phi) is 4.59. The van der Waals surface area contributed by atoms with Crippen LogP contribution in [0.5, 0.6) is 0 Å². The van der Waals surface area contributed by atoms with Gasteiger partial charge in [0.25, 0.3) is 0 Å². The lowest BCUT2D eigenvalue weighted by Gasteiger charge is -2.63. The minimum Gasteiger partial charge on any atom is -0.447 e. The highest BCUT2D eigenvalue weighted by Gasteiger charge is 2.77. The lowest BCUT2D eigenvalue weighted by atomic mass is 9.40. The highest BCUT2D eigenvalue weighted by atomic mass is 16.6. The molecule has 40 heavy (non-hydrogen) atoms. The number of benzene rings is 4. The van der Waals surface area contributed by atoms with Crippen molar-refractivity contribution in [1.29, 1.82) is 10.5 Å². The van der Waals surface area contributed by atoms with E-state index in [1.165, 1.54) is 13.8 Å². The third-order valence-electron chi connectivity index (χ3n) is 8.83. The van der Waals surface area contributed by atoms with Gasteiger partial charge in [-0.1, -0.05) is 97.1 Å². The Morgan fingerprint density at radius 1 is 0.500 bits per heavy atom. The molecule has 4 bridgehead atoms. The molecule has 10 rings (SSSR count). The Balaban J connectivity index is 1.91. The fourth-order valence-electron chi connectivity index (χ4n) is 7.82. The lowest BCUT2D eigenvalue weighted by Crippen LogP contribution is -2.68. The van der Waals surface area contributed by atoms with Gasteiger partial charge in [-0.05, 0) is 22.3 Å². The Bertz CT molecular complexity index is 1640. The molecule has 192 valence electrons. The molecule has 0 amide bonds. The Morgan fingerprint density at radius 2 is 0.725 bits per heavy atom. The van der Waals surface area contributed by atoms with Crippen LogP contribution in [-0.2, 0) is 41.1 Å². The number of nitriles is 2. The van der Waals surface area contributed by atoms with Gasteiger partial charge in [-0.25, -0.2) is 0 Å². The second-order valence-corrected chi connectivity index (χ2v) is 10.5. The van der Waals surface area contributed by atoms with Crippen molar-refractivity contribution in [1.82, 2.24) is 0 Å². The van der Waals surface area contributed by atoms with E-state index in [0.717, 1.165) is 0 Å². The number of hydrogen-bond donors (Lipinski definition) is 0. The average molecular weight is 523 g/mol. The zero-order valence-corrected chi connectivity index (χ0v) is 21.8. The van der Waals surface area contributed by atoms with Gasteiger partial charge in [0.05, 0.1) is 12.1 Å². The van der Waals surface area contributed by atoms with Crippen LogP contribution in [0.1, 0.15) is 58.4 Å². The van der Waals surface area contributed by atoms with Crippen molar-refractivity contribution in [3.8, 4) is 12.1 Å². The second kappa shape index (κ2) is 7.68. The molecular formula is C34H22N2O4. The summed E-state index contributed by atoms with van der Waals surface area (Å²) < 4.78 is 13.0. The second-order valence-electron chi connectivity index (χ2n) is 10.5. The van der Waals surface area contributed by atoms with E-state index < -0.39 is 34.0 Å². The van der Waals surface area contributed by atoms with E-state index in [9.17, 15) is 20.1 Å². The molecule has 6 heteroatoms. The molecule has 0 N–H and O–H groups in total. The van der Waals surface area contributed by atoms with Crippen molar-refractivity contribution in [2.75, 3.05) is 0 Å². The first-order chi connectivity index (χ1) is 19.4. The number of hydrogen-bond acceptors (Lipinski definition) is 6. The maximum absolute atomic E-state index is 13.2. The highest BCUT2D eigenvalue weighted by molar-refractivity contribution is 5.83. The third-order valence-corrected chi connectivity index (χ3v) is 8.83. The molecule has 6 nitrogen and oxygen atoms in total. The largest absolute Gasteiger partial charge is 0.447 e. The van der Waals surface area contributed by atoms with E-state index in [1.54, 1.807) is 0 Å². The van der Waals surface area contributed by atoms with Gasteiger partial charge in [0, 0.05) is 36.1 Å². The normalized spacial score (nSPS) is 27.8. The van der Waals surface area contributed by atoms with E-state index in [2.05, 4.69) is 12.1 Å². The fourth-order valence-corrected chi connectivity index (χ4v) is 7.82. The van der Waals surface area contributed by atoms with Gasteiger partial charge in [-0.15, -0.1) is 0 Å². The number of carbonyl (C=O) groups excluding carboxylic acids is 2. The molecule has 4 aromatic rings. The average Bonchev–Trinajstić information content (AvgIpc) is 2.97. The predicted octanol–water partition coefficient (Wildman–Crippen LogP) is 5.26. The van der Waals surface area contributed by atoms with E-state index in [-0.39, 0.29) is 0 Å². The molecule has 0 fully saturated rings. The standard InChI is InChI=1S/C34H22N2O4/c1-21(37)39-33-27-15-7-3-11-23(27)32(20-36,24-12-4-8-16-28(24)33)34(40-22(2)38)29-17-9-5-13-25(29)31(33,19-35)26-14-6-10-18-30(26)34/h3-18H,1-2H3. The Morgan fingerprint density at radius 3 is 0.925 bits per heavy atom. The monoisotopic (exact) mass is 522 g/mol. The molecule has 0 unspecified atom stereocenters. The van der Waals surface area contributed by atoms with E-state index in [0.29, 0.717) is 44.5 Å². The Hall–Kier alpha value is -5.20. The van der Waals surface area contributed by atoms with Gasteiger partial charge >= 0.3 is 11.9 Å². The molecule has 0 aliphatic heterocycles. The summed E-state index contributed by atoms with van der Waals surface area (Å²) in [4.78, 5) is 26.3. The summed E-state index contributed by atoms with van der Waals surface area (Å²) in [5.74, 6) is -1.15.